The SMILES string of the molecule is CC.CC.CC.N=CC1CCCCC1.NCC(=O)N1CCNCC1. The molecule has 0 atom stereocenters. The van der Waals surface area contributed by atoms with Gasteiger partial charge in [0.1, 0.15) is 0 Å². The minimum Gasteiger partial charge on any atom is -0.339 e. The fourth-order valence-corrected chi connectivity index (χ4v) is 2.34. The molecular weight excluding hydrogens is 300 g/mol. The maximum Gasteiger partial charge on any atom is 0.236 e. The topological polar surface area (TPSA) is 82.2 Å². The highest BCUT2D eigenvalue weighted by molar-refractivity contribution is 5.78. The lowest BCUT2D eigenvalue weighted by molar-refractivity contribution is -0.130. The lowest BCUT2D eigenvalue weighted by Crippen LogP contribution is -2.48. The van der Waals surface area contributed by atoms with E-state index in [9.17, 15) is 4.79 Å². The molecule has 1 saturated carbocycles. The van der Waals surface area contributed by atoms with Crippen LogP contribution in [0.5, 0.6) is 0 Å². The normalized spacial score (nSPS) is 16.4. The molecule has 0 bridgehead atoms. The third kappa shape index (κ3) is 15.9. The van der Waals surface area contributed by atoms with Crippen molar-refractivity contribution in [2.45, 2.75) is 73.6 Å². The van der Waals surface area contributed by atoms with Crippen LogP contribution >= 0.6 is 0 Å². The van der Waals surface area contributed by atoms with Crippen molar-refractivity contribution in [3.05, 3.63) is 0 Å². The maximum absolute atomic E-state index is 10.9. The van der Waals surface area contributed by atoms with E-state index in [1.165, 1.54) is 32.1 Å². The maximum atomic E-state index is 10.9. The zero-order valence-corrected chi connectivity index (χ0v) is 17.2. The first-order chi connectivity index (χ1) is 11.8. The number of carbonyl (C=O) groups is 1. The molecule has 1 aliphatic carbocycles. The van der Waals surface area contributed by atoms with E-state index in [1.807, 2.05) is 41.5 Å². The highest BCUT2D eigenvalue weighted by atomic mass is 16.2. The van der Waals surface area contributed by atoms with E-state index < -0.39 is 0 Å². The summed E-state index contributed by atoms with van der Waals surface area (Å²) in [6.45, 7) is 15.5. The van der Waals surface area contributed by atoms with Gasteiger partial charge in [-0.05, 0) is 25.0 Å². The number of amides is 1. The van der Waals surface area contributed by atoms with Crippen LogP contribution < -0.4 is 11.1 Å². The number of nitrogens with one attached hydrogen (secondary N) is 2. The molecule has 4 N–H and O–H groups in total. The Kier molecular flexibility index (Phi) is 28.3. The Morgan fingerprint density at radius 3 is 1.83 bits per heavy atom. The van der Waals surface area contributed by atoms with Crippen molar-refractivity contribution in [3.8, 4) is 0 Å². The summed E-state index contributed by atoms with van der Waals surface area (Å²) < 4.78 is 0. The van der Waals surface area contributed by atoms with Gasteiger partial charge in [-0.15, -0.1) is 0 Å². The quantitative estimate of drug-likeness (QED) is 0.668. The predicted molar refractivity (Wildman–Crippen MR) is 108 cm³/mol. The molecule has 1 saturated heterocycles. The number of nitrogens with two attached hydrogens (primary N) is 1. The highest BCUT2D eigenvalue weighted by Gasteiger charge is 2.13. The van der Waals surface area contributed by atoms with Gasteiger partial charge in [-0.25, -0.2) is 0 Å². The monoisotopic (exact) mass is 344 g/mol. The summed E-state index contributed by atoms with van der Waals surface area (Å²) in [7, 11) is 0. The zero-order chi connectivity index (χ0) is 19.2. The summed E-state index contributed by atoms with van der Waals surface area (Å²) in [5.74, 6) is 0.685. The van der Waals surface area contributed by atoms with Crippen LogP contribution in [0.2, 0.25) is 0 Å². The minimum absolute atomic E-state index is 0.0569. The largest absolute Gasteiger partial charge is 0.339 e. The minimum atomic E-state index is 0.0569. The van der Waals surface area contributed by atoms with E-state index in [0.29, 0.717) is 5.92 Å². The van der Waals surface area contributed by atoms with Gasteiger partial charge in [-0.1, -0.05) is 60.8 Å². The van der Waals surface area contributed by atoms with Crippen molar-refractivity contribution in [2.24, 2.45) is 11.7 Å². The van der Waals surface area contributed by atoms with Gasteiger partial charge < -0.3 is 21.4 Å². The van der Waals surface area contributed by atoms with Crippen molar-refractivity contribution in [2.75, 3.05) is 32.7 Å². The molecule has 0 spiro atoms. The molecule has 0 aromatic heterocycles. The number of hydrogen-bond donors (Lipinski definition) is 3. The summed E-state index contributed by atoms with van der Waals surface area (Å²) in [5, 5.41) is 10.1. The van der Waals surface area contributed by atoms with Gasteiger partial charge in [0.25, 0.3) is 0 Å². The Bertz CT molecular complexity index is 248. The molecule has 2 aliphatic rings. The Balaban J connectivity index is -0.000000284. The van der Waals surface area contributed by atoms with Crippen molar-refractivity contribution in [3.63, 3.8) is 0 Å². The third-order valence-electron chi connectivity index (χ3n) is 3.53. The summed E-state index contributed by atoms with van der Waals surface area (Å²) in [4.78, 5) is 12.7. The Morgan fingerprint density at radius 1 is 1.04 bits per heavy atom. The second-order valence-electron chi connectivity index (χ2n) is 4.90. The van der Waals surface area contributed by atoms with Crippen LogP contribution in [0.3, 0.4) is 0 Å². The molecule has 2 rings (SSSR count). The molecule has 0 aromatic rings. The van der Waals surface area contributed by atoms with Gasteiger partial charge in [-0.3, -0.25) is 4.79 Å². The molecule has 0 aromatic carbocycles. The average Bonchev–Trinajstić information content (AvgIpc) is 2.73. The van der Waals surface area contributed by atoms with Gasteiger partial charge in [0, 0.05) is 26.2 Å². The fraction of sp³-hybridized carbons (Fsp3) is 0.895. The van der Waals surface area contributed by atoms with Crippen LogP contribution in [0.15, 0.2) is 0 Å². The molecular formula is C19H44N4O. The van der Waals surface area contributed by atoms with E-state index >= 15 is 0 Å². The molecule has 5 heteroatoms. The number of rotatable bonds is 2. The first-order valence-corrected chi connectivity index (χ1v) is 9.97. The summed E-state index contributed by atoms with van der Waals surface area (Å²) in [6.07, 6.45) is 8.23. The number of hydrogen-bond acceptors (Lipinski definition) is 4. The molecule has 24 heavy (non-hydrogen) atoms. The summed E-state index contributed by atoms with van der Waals surface area (Å²) >= 11 is 0. The van der Waals surface area contributed by atoms with Crippen molar-refractivity contribution in [1.82, 2.24) is 10.2 Å². The summed E-state index contributed by atoms with van der Waals surface area (Å²) in [6, 6.07) is 0. The van der Waals surface area contributed by atoms with E-state index in [-0.39, 0.29) is 12.5 Å². The molecule has 1 aliphatic heterocycles. The standard InChI is InChI=1S/C7H13N.C6H13N3O.3C2H6/c8-6-7-4-2-1-3-5-7;7-5-6(10)9-3-1-8-2-4-9;3*1-2/h6-8H,1-5H2;8H,1-5,7H2;3*1-2H3. The zero-order valence-electron chi connectivity index (χ0n) is 17.2. The predicted octanol–water partition coefficient (Wildman–Crippen LogP) is 3.67. The van der Waals surface area contributed by atoms with Crippen LogP contribution in [0.4, 0.5) is 0 Å². The number of carbonyl (C=O) groups excluding carboxylic acids is 1. The molecule has 1 amide bonds. The van der Waals surface area contributed by atoms with Crippen LogP contribution in [-0.2, 0) is 4.79 Å². The molecule has 5 nitrogen and oxygen atoms in total. The van der Waals surface area contributed by atoms with Crippen molar-refractivity contribution < 1.29 is 4.79 Å². The first-order valence-electron chi connectivity index (χ1n) is 9.97. The highest BCUT2D eigenvalue weighted by Crippen LogP contribution is 2.21. The van der Waals surface area contributed by atoms with E-state index in [2.05, 4.69) is 5.32 Å². The van der Waals surface area contributed by atoms with E-state index in [0.717, 1.165) is 26.2 Å². The van der Waals surface area contributed by atoms with Crippen LogP contribution in [0.25, 0.3) is 0 Å². The Morgan fingerprint density at radius 2 is 1.50 bits per heavy atom. The molecule has 0 radical (unpaired) electrons. The molecule has 1 heterocycles. The second kappa shape index (κ2) is 24.3. The first kappa shape index (κ1) is 27.9. The van der Waals surface area contributed by atoms with Crippen LogP contribution in [0.1, 0.15) is 73.6 Å². The van der Waals surface area contributed by atoms with Gasteiger partial charge in [0.15, 0.2) is 0 Å². The van der Waals surface area contributed by atoms with Crippen molar-refractivity contribution >= 4 is 12.1 Å². The smallest absolute Gasteiger partial charge is 0.236 e. The van der Waals surface area contributed by atoms with Crippen molar-refractivity contribution in [1.29, 1.82) is 5.41 Å². The number of piperazine rings is 1. The van der Waals surface area contributed by atoms with Gasteiger partial charge in [-0.2, -0.15) is 0 Å². The summed E-state index contributed by atoms with van der Waals surface area (Å²) in [5.41, 5.74) is 5.19. The average molecular weight is 345 g/mol. The molecule has 2 fully saturated rings. The van der Waals surface area contributed by atoms with Crippen LogP contribution in [0, 0.1) is 11.3 Å². The lowest BCUT2D eigenvalue weighted by atomic mass is 9.90. The lowest BCUT2D eigenvalue weighted by Gasteiger charge is -2.26. The van der Waals surface area contributed by atoms with Gasteiger partial charge in [0.2, 0.25) is 5.91 Å². The fourth-order valence-electron chi connectivity index (χ4n) is 2.34. The van der Waals surface area contributed by atoms with E-state index in [1.54, 1.807) is 11.1 Å². The van der Waals surface area contributed by atoms with Gasteiger partial charge in [0.05, 0.1) is 6.54 Å². The van der Waals surface area contributed by atoms with Gasteiger partial charge >= 0.3 is 0 Å². The Labute approximate surface area is 151 Å². The Hall–Kier alpha value is -0.940. The molecule has 146 valence electrons. The second-order valence-corrected chi connectivity index (χ2v) is 4.90. The number of nitrogens with zero attached hydrogens (tertiary/aromatic N) is 1. The van der Waals surface area contributed by atoms with Crippen LogP contribution in [-0.4, -0.2) is 49.7 Å². The third-order valence-corrected chi connectivity index (χ3v) is 3.53. The van der Waals surface area contributed by atoms with E-state index in [4.69, 9.17) is 11.1 Å². The molecule has 0 unspecified atom stereocenters.